The van der Waals surface area contributed by atoms with Gasteiger partial charge in [0.1, 0.15) is 5.76 Å². The molecule has 2 aromatic rings. The van der Waals surface area contributed by atoms with Crippen molar-refractivity contribution in [3.8, 4) is 0 Å². The van der Waals surface area contributed by atoms with Crippen LogP contribution in [0.5, 0.6) is 0 Å². The molecule has 2 aliphatic heterocycles. The van der Waals surface area contributed by atoms with Gasteiger partial charge in [-0.15, -0.1) is 0 Å². The monoisotopic (exact) mass is 437 g/mol. The number of nitrogens with zero attached hydrogens (tertiary/aromatic N) is 3. The van der Waals surface area contributed by atoms with Crippen LogP contribution >= 0.6 is 11.6 Å². The summed E-state index contributed by atoms with van der Waals surface area (Å²) in [5.74, 6) is 0.717. The summed E-state index contributed by atoms with van der Waals surface area (Å²) in [5.41, 5.74) is 1.27. The lowest BCUT2D eigenvalue weighted by Gasteiger charge is -2.21. The molecule has 0 atom stereocenters. The zero-order valence-electron chi connectivity index (χ0n) is 16.6. The first-order valence-corrected chi connectivity index (χ1v) is 12.1. The van der Waals surface area contributed by atoms with Crippen molar-refractivity contribution < 1.29 is 12.8 Å². The first-order chi connectivity index (χ1) is 14.0. The van der Waals surface area contributed by atoms with Gasteiger partial charge in [0.2, 0.25) is 5.09 Å². The molecule has 0 amide bonds. The molecule has 2 aliphatic rings. The van der Waals surface area contributed by atoms with Crippen LogP contribution in [0.1, 0.15) is 30.6 Å². The third kappa shape index (κ3) is 5.22. The lowest BCUT2D eigenvalue weighted by molar-refractivity contribution is 0.229. The van der Waals surface area contributed by atoms with E-state index in [0.717, 1.165) is 57.0 Å². The molecule has 1 aromatic heterocycles. The van der Waals surface area contributed by atoms with E-state index in [1.54, 1.807) is 12.1 Å². The van der Waals surface area contributed by atoms with Crippen LogP contribution in [0.3, 0.4) is 0 Å². The number of sulfonamides is 1. The summed E-state index contributed by atoms with van der Waals surface area (Å²) in [5, 5.41) is 0.842. The number of rotatable bonds is 6. The fourth-order valence-corrected chi connectivity index (χ4v) is 5.62. The average molecular weight is 438 g/mol. The molecule has 0 unspecified atom stereocenters. The van der Waals surface area contributed by atoms with E-state index >= 15 is 0 Å². The summed E-state index contributed by atoms with van der Waals surface area (Å²) in [6, 6.07) is 11.4. The van der Waals surface area contributed by atoms with E-state index in [1.165, 1.54) is 9.87 Å². The van der Waals surface area contributed by atoms with Gasteiger partial charge in [-0.3, -0.25) is 9.80 Å². The van der Waals surface area contributed by atoms with Crippen molar-refractivity contribution in [2.45, 2.75) is 37.4 Å². The van der Waals surface area contributed by atoms with Crippen LogP contribution in [0.15, 0.2) is 45.9 Å². The number of benzene rings is 1. The summed E-state index contributed by atoms with van der Waals surface area (Å²) in [6.07, 6.45) is 2.92. The van der Waals surface area contributed by atoms with Crippen molar-refractivity contribution in [2.24, 2.45) is 0 Å². The van der Waals surface area contributed by atoms with E-state index in [-0.39, 0.29) is 5.09 Å². The highest BCUT2D eigenvalue weighted by Crippen LogP contribution is 2.23. The van der Waals surface area contributed by atoms with Gasteiger partial charge in [0.05, 0.1) is 6.54 Å². The van der Waals surface area contributed by atoms with E-state index < -0.39 is 10.0 Å². The molecule has 0 N–H and O–H groups in total. The Labute approximate surface area is 178 Å². The van der Waals surface area contributed by atoms with Gasteiger partial charge in [0.15, 0.2) is 0 Å². The molecule has 4 rings (SSSR count). The van der Waals surface area contributed by atoms with Crippen LogP contribution in [0.4, 0.5) is 0 Å². The van der Waals surface area contributed by atoms with Crippen molar-refractivity contribution in [3.63, 3.8) is 0 Å². The molecule has 0 saturated carbocycles. The fraction of sp³-hybridized carbons (Fsp3) is 0.524. The van der Waals surface area contributed by atoms with Crippen LogP contribution in [0, 0.1) is 0 Å². The van der Waals surface area contributed by atoms with Gasteiger partial charge < -0.3 is 4.42 Å². The van der Waals surface area contributed by atoms with E-state index in [1.807, 2.05) is 12.1 Å². The van der Waals surface area contributed by atoms with Crippen LogP contribution < -0.4 is 0 Å². The minimum absolute atomic E-state index is 0.0774. The third-order valence-corrected chi connectivity index (χ3v) is 7.70. The SMILES string of the molecule is O=S(=O)(c1ccc(CN2CCCN(Cc3ccc(Cl)cc3)CC2)o1)N1CCCC1. The van der Waals surface area contributed by atoms with E-state index in [4.69, 9.17) is 16.0 Å². The lowest BCUT2D eigenvalue weighted by Crippen LogP contribution is -2.30. The molecule has 8 heteroatoms. The molecule has 158 valence electrons. The second kappa shape index (κ2) is 9.18. The van der Waals surface area contributed by atoms with Gasteiger partial charge in [-0.2, -0.15) is 4.31 Å². The second-order valence-corrected chi connectivity index (χ2v) is 10.2. The Bertz CT molecular complexity index is 908. The molecule has 0 aliphatic carbocycles. The topological polar surface area (TPSA) is 57.0 Å². The van der Waals surface area contributed by atoms with Crippen LogP contribution in [-0.4, -0.2) is 61.8 Å². The zero-order valence-corrected chi connectivity index (χ0v) is 18.2. The van der Waals surface area contributed by atoms with E-state index in [9.17, 15) is 8.42 Å². The Morgan fingerprint density at radius 3 is 2.14 bits per heavy atom. The maximum atomic E-state index is 12.6. The highest BCUT2D eigenvalue weighted by atomic mass is 35.5. The van der Waals surface area contributed by atoms with Crippen LogP contribution in [0.2, 0.25) is 5.02 Å². The molecule has 6 nitrogen and oxygen atoms in total. The van der Waals surface area contributed by atoms with Gasteiger partial charge in [0, 0.05) is 37.7 Å². The summed E-state index contributed by atoms with van der Waals surface area (Å²) >= 11 is 5.97. The maximum Gasteiger partial charge on any atom is 0.276 e. The van der Waals surface area contributed by atoms with Crippen molar-refractivity contribution in [1.82, 2.24) is 14.1 Å². The number of hydrogen-bond acceptors (Lipinski definition) is 5. The van der Waals surface area contributed by atoms with Gasteiger partial charge in [0.25, 0.3) is 10.0 Å². The highest BCUT2D eigenvalue weighted by molar-refractivity contribution is 7.89. The van der Waals surface area contributed by atoms with Crippen molar-refractivity contribution in [1.29, 1.82) is 0 Å². The third-order valence-electron chi connectivity index (χ3n) is 5.68. The quantitative estimate of drug-likeness (QED) is 0.693. The van der Waals surface area contributed by atoms with Crippen molar-refractivity contribution >= 4 is 21.6 Å². The van der Waals surface area contributed by atoms with Crippen molar-refractivity contribution in [3.05, 3.63) is 52.7 Å². The predicted octanol–water partition coefficient (Wildman–Crippen LogP) is 3.43. The minimum atomic E-state index is -3.48. The van der Waals surface area contributed by atoms with Crippen molar-refractivity contribution in [2.75, 3.05) is 39.3 Å². The molecule has 3 heterocycles. The van der Waals surface area contributed by atoms with E-state index in [2.05, 4.69) is 21.9 Å². The minimum Gasteiger partial charge on any atom is -0.447 e. The van der Waals surface area contributed by atoms with Gasteiger partial charge >= 0.3 is 0 Å². The summed E-state index contributed by atoms with van der Waals surface area (Å²) < 4.78 is 32.5. The Kier molecular flexibility index (Phi) is 6.61. The van der Waals surface area contributed by atoms with Crippen LogP contribution in [0.25, 0.3) is 0 Å². The second-order valence-electron chi connectivity index (χ2n) is 7.86. The molecular formula is C21H28ClN3O3S. The maximum absolute atomic E-state index is 12.6. The Hall–Kier alpha value is -1.38. The zero-order chi connectivity index (χ0) is 20.3. The van der Waals surface area contributed by atoms with Gasteiger partial charge in [-0.25, -0.2) is 8.42 Å². The number of hydrogen-bond donors (Lipinski definition) is 0. The normalized spacial score (nSPS) is 20.2. The lowest BCUT2D eigenvalue weighted by atomic mass is 10.2. The Balaban J connectivity index is 1.32. The predicted molar refractivity (Wildman–Crippen MR) is 113 cm³/mol. The first-order valence-electron chi connectivity index (χ1n) is 10.3. The van der Waals surface area contributed by atoms with Gasteiger partial charge in [-0.05, 0) is 62.2 Å². The molecule has 0 radical (unpaired) electrons. The Morgan fingerprint density at radius 2 is 1.45 bits per heavy atom. The summed E-state index contributed by atoms with van der Waals surface area (Å²) in [6.45, 7) is 6.68. The molecule has 1 aromatic carbocycles. The molecule has 0 bridgehead atoms. The Morgan fingerprint density at radius 1 is 0.793 bits per heavy atom. The van der Waals surface area contributed by atoms with E-state index in [0.29, 0.717) is 25.4 Å². The first kappa shape index (κ1) is 20.9. The molecule has 29 heavy (non-hydrogen) atoms. The molecular weight excluding hydrogens is 410 g/mol. The van der Waals surface area contributed by atoms with Gasteiger partial charge in [-0.1, -0.05) is 23.7 Å². The summed E-state index contributed by atoms with van der Waals surface area (Å²) in [4.78, 5) is 4.79. The molecule has 2 fully saturated rings. The smallest absolute Gasteiger partial charge is 0.276 e. The standard InChI is InChI=1S/C21H28ClN3O3S/c22-19-6-4-18(5-7-19)16-23-10-3-11-24(15-14-23)17-20-8-9-21(28-20)29(26,27)25-12-1-2-13-25/h4-9H,1-3,10-17H2. The molecule has 0 spiro atoms. The summed E-state index contributed by atoms with van der Waals surface area (Å²) in [7, 11) is -3.48. The number of furan rings is 1. The molecule has 2 saturated heterocycles. The average Bonchev–Trinajstić information content (AvgIpc) is 3.36. The largest absolute Gasteiger partial charge is 0.447 e. The number of halogens is 1. The van der Waals surface area contributed by atoms with Crippen LogP contribution in [-0.2, 0) is 23.1 Å². The fourth-order valence-electron chi connectivity index (χ4n) is 4.05. The highest BCUT2D eigenvalue weighted by Gasteiger charge is 2.30.